The summed E-state index contributed by atoms with van der Waals surface area (Å²) < 4.78 is 0. The number of pyridine rings is 1. The second kappa shape index (κ2) is 7.92. The number of rotatable bonds is 5. The molecule has 2 aromatic heterocycles. The van der Waals surface area contributed by atoms with Gasteiger partial charge in [-0.15, -0.1) is 0 Å². The number of anilines is 3. The van der Waals surface area contributed by atoms with Crippen LogP contribution in [0.1, 0.15) is 31.2 Å². The van der Waals surface area contributed by atoms with Crippen molar-refractivity contribution in [1.82, 2.24) is 15.0 Å². The summed E-state index contributed by atoms with van der Waals surface area (Å²) in [6, 6.07) is 12.1. The molecule has 1 saturated carbocycles. The molecule has 27 heavy (non-hydrogen) atoms. The molecule has 0 radical (unpaired) electrons. The molecule has 2 heterocycles. The maximum Gasteiger partial charge on any atom is 0.225 e. The third-order valence-electron chi connectivity index (χ3n) is 4.85. The molecule has 1 aliphatic carbocycles. The van der Waals surface area contributed by atoms with Crippen LogP contribution in [-0.4, -0.2) is 21.0 Å². The predicted octanol–water partition coefficient (Wildman–Crippen LogP) is 5.60. The van der Waals surface area contributed by atoms with E-state index in [0.29, 0.717) is 22.8 Å². The predicted molar refractivity (Wildman–Crippen MR) is 111 cm³/mol. The molecule has 0 spiro atoms. The topological polar surface area (TPSA) is 62.7 Å². The van der Waals surface area contributed by atoms with Gasteiger partial charge in [-0.3, -0.25) is 4.98 Å². The van der Waals surface area contributed by atoms with Gasteiger partial charge in [-0.2, -0.15) is 4.98 Å². The van der Waals surface area contributed by atoms with Crippen LogP contribution in [0.5, 0.6) is 0 Å². The summed E-state index contributed by atoms with van der Waals surface area (Å²) in [6.45, 7) is 2.02. The summed E-state index contributed by atoms with van der Waals surface area (Å²) in [7, 11) is 0. The summed E-state index contributed by atoms with van der Waals surface area (Å²) in [6.07, 6.45) is 8.40. The number of hydrogen-bond acceptors (Lipinski definition) is 5. The average Bonchev–Trinajstić information content (AvgIpc) is 3.18. The molecular formula is C21H22ClN5. The maximum atomic E-state index is 6.38. The molecule has 0 unspecified atom stereocenters. The van der Waals surface area contributed by atoms with Crippen LogP contribution in [0.4, 0.5) is 17.5 Å². The maximum absolute atomic E-state index is 6.38. The van der Waals surface area contributed by atoms with Crippen LogP contribution < -0.4 is 10.6 Å². The van der Waals surface area contributed by atoms with Crippen molar-refractivity contribution in [3.05, 3.63) is 59.4 Å². The van der Waals surface area contributed by atoms with Crippen LogP contribution in [-0.2, 0) is 0 Å². The monoisotopic (exact) mass is 379 g/mol. The minimum Gasteiger partial charge on any atom is -0.351 e. The molecule has 6 heteroatoms. The Balaban J connectivity index is 1.71. The fraction of sp³-hybridized carbons (Fsp3) is 0.286. The first-order valence-electron chi connectivity index (χ1n) is 9.27. The van der Waals surface area contributed by atoms with Crippen LogP contribution in [0.25, 0.3) is 11.3 Å². The van der Waals surface area contributed by atoms with Crippen molar-refractivity contribution in [2.75, 3.05) is 10.6 Å². The van der Waals surface area contributed by atoms with Crippen molar-refractivity contribution in [2.24, 2.45) is 0 Å². The number of aryl methyl sites for hydroxylation is 1. The van der Waals surface area contributed by atoms with E-state index >= 15 is 0 Å². The molecule has 4 rings (SSSR count). The summed E-state index contributed by atoms with van der Waals surface area (Å²) in [4.78, 5) is 13.6. The highest BCUT2D eigenvalue weighted by Gasteiger charge is 2.17. The van der Waals surface area contributed by atoms with Gasteiger partial charge in [-0.25, -0.2) is 4.98 Å². The summed E-state index contributed by atoms with van der Waals surface area (Å²) in [5, 5.41) is 7.53. The number of aromatic nitrogens is 3. The Bertz CT molecular complexity index is 903. The van der Waals surface area contributed by atoms with Crippen molar-refractivity contribution < 1.29 is 0 Å². The van der Waals surface area contributed by atoms with E-state index in [1.807, 2.05) is 49.5 Å². The first-order chi connectivity index (χ1) is 13.2. The number of halogens is 1. The molecule has 5 nitrogen and oxygen atoms in total. The molecule has 138 valence electrons. The smallest absolute Gasteiger partial charge is 0.225 e. The minimum absolute atomic E-state index is 0.434. The molecule has 0 aliphatic heterocycles. The second-order valence-corrected chi connectivity index (χ2v) is 7.29. The molecular weight excluding hydrogens is 358 g/mol. The van der Waals surface area contributed by atoms with Crippen molar-refractivity contribution in [3.63, 3.8) is 0 Å². The minimum atomic E-state index is 0.434. The van der Waals surface area contributed by atoms with Gasteiger partial charge in [0.1, 0.15) is 5.82 Å². The van der Waals surface area contributed by atoms with Crippen LogP contribution in [0.2, 0.25) is 5.02 Å². The van der Waals surface area contributed by atoms with Gasteiger partial charge in [0.15, 0.2) is 0 Å². The molecule has 0 amide bonds. The lowest BCUT2D eigenvalue weighted by atomic mass is 10.2. The quantitative estimate of drug-likeness (QED) is 0.604. The third kappa shape index (κ3) is 4.19. The molecule has 1 fully saturated rings. The van der Waals surface area contributed by atoms with Gasteiger partial charge < -0.3 is 10.6 Å². The Labute approximate surface area is 164 Å². The van der Waals surface area contributed by atoms with Gasteiger partial charge >= 0.3 is 0 Å². The lowest BCUT2D eigenvalue weighted by Gasteiger charge is -2.16. The lowest BCUT2D eigenvalue weighted by molar-refractivity contribution is 0.744. The molecule has 2 N–H and O–H groups in total. The van der Waals surface area contributed by atoms with Crippen molar-refractivity contribution in [2.45, 2.75) is 38.6 Å². The highest BCUT2D eigenvalue weighted by molar-refractivity contribution is 6.33. The highest BCUT2D eigenvalue weighted by Crippen LogP contribution is 2.30. The Hall–Kier alpha value is -2.66. The van der Waals surface area contributed by atoms with Crippen LogP contribution >= 0.6 is 11.6 Å². The van der Waals surface area contributed by atoms with Crippen molar-refractivity contribution in [1.29, 1.82) is 0 Å². The van der Waals surface area contributed by atoms with E-state index in [1.54, 1.807) is 6.20 Å². The van der Waals surface area contributed by atoms with Gasteiger partial charge in [-0.1, -0.05) is 36.6 Å². The van der Waals surface area contributed by atoms with Crippen molar-refractivity contribution in [3.8, 4) is 11.3 Å². The van der Waals surface area contributed by atoms with E-state index in [0.717, 1.165) is 35.3 Å². The Morgan fingerprint density at radius 3 is 2.67 bits per heavy atom. The fourth-order valence-electron chi connectivity index (χ4n) is 3.41. The van der Waals surface area contributed by atoms with Gasteiger partial charge in [0.05, 0.1) is 16.4 Å². The summed E-state index contributed by atoms with van der Waals surface area (Å²) in [5.41, 5.74) is 3.70. The summed E-state index contributed by atoms with van der Waals surface area (Å²) >= 11 is 6.38. The number of nitrogens with zero attached hydrogens (tertiary/aromatic N) is 3. The normalized spacial score (nSPS) is 14.3. The molecule has 3 aromatic rings. The molecule has 0 saturated heterocycles. The van der Waals surface area contributed by atoms with Gasteiger partial charge in [0.25, 0.3) is 0 Å². The molecule has 1 aliphatic rings. The van der Waals surface area contributed by atoms with Crippen LogP contribution in [0, 0.1) is 6.92 Å². The number of nitrogens with one attached hydrogen (secondary N) is 2. The SMILES string of the molecule is Cc1cccc(Cl)c1Nc1cc(-c2cccnc2)nc(NC2CCCC2)n1. The molecule has 0 bridgehead atoms. The fourth-order valence-corrected chi connectivity index (χ4v) is 3.68. The number of benzene rings is 1. The van der Waals surface area contributed by atoms with Gasteiger partial charge in [0, 0.05) is 30.1 Å². The van der Waals surface area contributed by atoms with E-state index < -0.39 is 0 Å². The van der Waals surface area contributed by atoms with E-state index in [9.17, 15) is 0 Å². The third-order valence-corrected chi connectivity index (χ3v) is 5.16. The molecule has 0 atom stereocenters. The zero-order chi connectivity index (χ0) is 18.6. The largest absolute Gasteiger partial charge is 0.351 e. The molecule has 1 aromatic carbocycles. The lowest BCUT2D eigenvalue weighted by Crippen LogP contribution is -2.17. The van der Waals surface area contributed by atoms with Gasteiger partial charge in [-0.05, 0) is 43.5 Å². The standard InChI is InChI=1S/C21H22ClN5/c1-14-6-4-10-17(22)20(14)26-19-12-18(15-7-5-11-23-13-15)25-21(27-19)24-16-8-2-3-9-16/h4-7,10-13,16H,2-3,8-9H2,1H3,(H2,24,25,26,27). The van der Waals surface area contributed by atoms with E-state index in [-0.39, 0.29) is 0 Å². The number of para-hydroxylation sites is 1. The van der Waals surface area contributed by atoms with E-state index in [4.69, 9.17) is 16.6 Å². The second-order valence-electron chi connectivity index (χ2n) is 6.89. The van der Waals surface area contributed by atoms with Gasteiger partial charge in [0.2, 0.25) is 5.95 Å². The van der Waals surface area contributed by atoms with Crippen LogP contribution in [0.15, 0.2) is 48.8 Å². The van der Waals surface area contributed by atoms with E-state index in [2.05, 4.69) is 20.6 Å². The Kier molecular flexibility index (Phi) is 5.21. The number of hydrogen-bond donors (Lipinski definition) is 2. The first-order valence-corrected chi connectivity index (χ1v) is 9.65. The average molecular weight is 380 g/mol. The first kappa shape index (κ1) is 17.7. The van der Waals surface area contributed by atoms with E-state index in [1.165, 1.54) is 12.8 Å². The zero-order valence-corrected chi connectivity index (χ0v) is 16.0. The summed E-state index contributed by atoms with van der Waals surface area (Å²) in [5.74, 6) is 1.34. The Morgan fingerprint density at radius 1 is 1.07 bits per heavy atom. The van der Waals surface area contributed by atoms with Crippen molar-refractivity contribution >= 4 is 29.1 Å². The Morgan fingerprint density at radius 2 is 1.93 bits per heavy atom. The zero-order valence-electron chi connectivity index (χ0n) is 15.2. The highest BCUT2D eigenvalue weighted by atomic mass is 35.5. The van der Waals surface area contributed by atoms with Crippen LogP contribution in [0.3, 0.4) is 0 Å².